The van der Waals surface area contributed by atoms with E-state index in [0.29, 0.717) is 32.5 Å². The average molecular weight is 337 g/mol. The smallest absolute Gasteiger partial charge is 0.307 e. The molecule has 1 aromatic carbocycles. The Morgan fingerprint density at radius 3 is 2.25 bits per heavy atom. The van der Waals surface area contributed by atoms with Crippen LogP contribution in [0.15, 0.2) is 24.3 Å². The van der Waals surface area contributed by atoms with Crippen LogP contribution in [0.5, 0.6) is 11.5 Å². The normalized spacial score (nSPS) is 10.1. The molecule has 1 rings (SSSR count). The maximum absolute atomic E-state index is 12.2. The van der Waals surface area contributed by atoms with Crippen molar-refractivity contribution in [3.63, 3.8) is 0 Å². The summed E-state index contributed by atoms with van der Waals surface area (Å²) >= 11 is 0. The molecule has 0 fully saturated rings. The molecule has 0 spiro atoms. The molecule has 1 aromatic rings. The van der Waals surface area contributed by atoms with E-state index in [2.05, 4.69) is 4.74 Å². The van der Waals surface area contributed by atoms with E-state index in [9.17, 15) is 9.59 Å². The zero-order valence-electron chi connectivity index (χ0n) is 14.7. The van der Waals surface area contributed by atoms with Crippen LogP contribution in [0.1, 0.15) is 32.6 Å². The van der Waals surface area contributed by atoms with Crippen LogP contribution in [-0.4, -0.2) is 50.7 Å². The molecule has 0 N–H and O–H groups in total. The fourth-order valence-corrected chi connectivity index (χ4v) is 2.20. The van der Waals surface area contributed by atoms with Crippen LogP contribution in [-0.2, 0) is 14.3 Å². The lowest BCUT2D eigenvalue weighted by Gasteiger charge is -2.21. The van der Waals surface area contributed by atoms with Gasteiger partial charge in [0.1, 0.15) is 11.5 Å². The maximum Gasteiger partial charge on any atom is 0.307 e. The Balaban J connectivity index is 2.31. The third-order valence-electron chi connectivity index (χ3n) is 3.52. The Labute approximate surface area is 143 Å². The molecular weight excluding hydrogens is 310 g/mol. The minimum Gasteiger partial charge on any atom is -0.497 e. The zero-order valence-corrected chi connectivity index (χ0v) is 14.7. The van der Waals surface area contributed by atoms with Crippen molar-refractivity contribution in [3.8, 4) is 11.5 Å². The molecule has 0 bridgehead atoms. The standard InChI is InChI=1S/C18H27NO5/c1-4-12-19(13-11-18(21)23-3)17(20)6-5-14-24-16-9-7-15(22-2)8-10-16/h7-10H,4-6,11-14H2,1-3H3. The van der Waals surface area contributed by atoms with Crippen LogP contribution in [0.4, 0.5) is 0 Å². The molecule has 0 saturated heterocycles. The van der Waals surface area contributed by atoms with Gasteiger partial charge in [0.05, 0.1) is 27.2 Å². The van der Waals surface area contributed by atoms with Gasteiger partial charge < -0.3 is 19.1 Å². The molecule has 1 amide bonds. The zero-order chi connectivity index (χ0) is 17.8. The van der Waals surface area contributed by atoms with Crippen molar-refractivity contribution in [2.45, 2.75) is 32.6 Å². The first-order valence-corrected chi connectivity index (χ1v) is 8.22. The number of hydrogen-bond acceptors (Lipinski definition) is 5. The van der Waals surface area contributed by atoms with Crippen molar-refractivity contribution in [2.24, 2.45) is 0 Å². The molecule has 0 unspecified atom stereocenters. The number of hydrogen-bond donors (Lipinski definition) is 0. The minimum absolute atomic E-state index is 0.0408. The van der Waals surface area contributed by atoms with E-state index in [4.69, 9.17) is 9.47 Å². The number of nitrogens with zero attached hydrogens (tertiary/aromatic N) is 1. The molecule has 0 aliphatic rings. The largest absolute Gasteiger partial charge is 0.497 e. The Morgan fingerprint density at radius 2 is 1.67 bits per heavy atom. The monoisotopic (exact) mass is 337 g/mol. The summed E-state index contributed by atoms with van der Waals surface area (Å²) in [4.78, 5) is 25.2. The highest BCUT2D eigenvalue weighted by Gasteiger charge is 2.14. The van der Waals surface area contributed by atoms with Crippen LogP contribution in [0.2, 0.25) is 0 Å². The number of methoxy groups -OCH3 is 2. The van der Waals surface area contributed by atoms with Gasteiger partial charge in [0.15, 0.2) is 0 Å². The van der Waals surface area contributed by atoms with Crippen LogP contribution >= 0.6 is 0 Å². The Hall–Kier alpha value is -2.24. The van der Waals surface area contributed by atoms with E-state index < -0.39 is 0 Å². The molecule has 0 heterocycles. The summed E-state index contributed by atoms with van der Waals surface area (Å²) in [6.45, 7) is 3.52. The van der Waals surface area contributed by atoms with Crippen LogP contribution < -0.4 is 9.47 Å². The van der Waals surface area contributed by atoms with Crippen LogP contribution in [0.3, 0.4) is 0 Å². The van der Waals surface area contributed by atoms with Crippen molar-refractivity contribution in [1.29, 1.82) is 0 Å². The van der Waals surface area contributed by atoms with Crippen LogP contribution in [0, 0.1) is 0 Å². The van der Waals surface area contributed by atoms with Gasteiger partial charge >= 0.3 is 5.97 Å². The second-order valence-electron chi connectivity index (χ2n) is 5.33. The third-order valence-corrected chi connectivity index (χ3v) is 3.52. The lowest BCUT2D eigenvalue weighted by Crippen LogP contribution is -2.34. The molecule has 0 saturated carbocycles. The number of carbonyl (C=O) groups excluding carboxylic acids is 2. The molecule has 0 aromatic heterocycles. The van der Waals surface area contributed by atoms with Gasteiger partial charge in [0.2, 0.25) is 5.91 Å². The van der Waals surface area contributed by atoms with E-state index >= 15 is 0 Å². The predicted molar refractivity (Wildman–Crippen MR) is 91.2 cm³/mol. The van der Waals surface area contributed by atoms with Gasteiger partial charge in [-0.3, -0.25) is 9.59 Å². The number of benzene rings is 1. The van der Waals surface area contributed by atoms with Crippen molar-refractivity contribution >= 4 is 11.9 Å². The fraction of sp³-hybridized carbons (Fsp3) is 0.556. The summed E-state index contributed by atoms with van der Waals surface area (Å²) < 4.78 is 15.3. The van der Waals surface area contributed by atoms with E-state index in [0.717, 1.165) is 17.9 Å². The summed E-state index contributed by atoms with van der Waals surface area (Å²) in [7, 11) is 2.97. The highest BCUT2D eigenvalue weighted by molar-refractivity contribution is 5.77. The topological polar surface area (TPSA) is 65.1 Å². The number of ether oxygens (including phenoxy) is 3. The van der Waals surface area contributed by atoms with Crippen molar-refractivity contribution in [2.75, 3.05) is 33.9 Å². The quantitative estimate of drug-likeness (QED) is 0.459. The lowest BCUT2D eigenvalue weighted by atomic mass is 10.2. The molecular formula is C18H27NO5. The number of carbonyl (C=O) groups is 2. The van der Waals surface area contributed by atoms with Crippen molar-refractivity contribution in [1.82, 2.24) is 4.90 Å². The molecule has 0 radical (unpaired) electrons. The molecule has 0 aliphatic heterocycles. The van der Waals surface area contributed by atoms with Crippen molar-refractivity contribution in [3.05, 3.63) is 24.3 Å². The van der Waals surface area contributed by atoms with E-state index in [1.807, 2.05) is 31.2 Å². The Bertz CT molecular complexity index is 501. The SMILES string of the molecule is CCCN(CCC(=O)OC)C(=O)CCCOc1ccc(OC)cc1. The second-order valence-corrected chi connectivity index (χ2v) is 5.33. The summed E-state index contributed by atoms with van der Waals surface area (Å²) in [5.74, 6) is 1.27. The Kier molecular flexibility index (Phi) is 9.34. The van der Waals surface area contributed by atoms with Gasteiger partial charge in [-0.25, -0.2) is 0 Å². The summed E-state index contributed by atoms with van der Waals surface area (Å²) in [5, 5.41) is 0. The van der Waals surface area contributed by atoms with E-state index in [-0.39, 0.29) is 18.3 Å². The summed E-state index contributed by atoms with van der Waals surface area (Å²) in [5.41, 5.74) is 0. The molecule has 0 atom stereocenters. The molecule has 134 valence electrons. The van der Waals surface area contributed by atoms with Gasteiger partial charge in [-0.1, -0.05) is 6.92 Å². The second kappa shape index (κ2) is 11.3. The maximum atomic E-state index is 12.2. The average Bonchev–Trinajstić information content (AvgIpc) is 2.62. The van der Waals surface area contributed by atoms with Gasteiger partial charge in [-0.05, 0) is 37.1 Å². The third kappa shape index (κ3) is 7.35. The minimum atomic E-state index is -0.299. The summed E-state index contributed by atoms with van der Waals surface area (Å²) in [6, 6.07) is 7.33. The van der Waals surface area contributed by atoms with E-state index in [1.54, 1.807) is 12.0 Å². The molecule has 6 heteroatoms. The van der Waals surface area contributed by atoms with E-state index in [1.165, 1.54) is 7.11 Å². The summed E-state index contributed by atoms with van der Waals surface area (Å²) in [6.07, 6.45) is 2.11. The Morgan fingerprint density at radius 1 is 1.00 bits per heavy atom. The lowest BCUT2D eigenvalue weighted by molar-refractivity contribution is -0.141. The predicted octanol–water partition coefficient (Wildman–Crippen LogP) is 2.66. The van der Waals surface area contributed by atoms with Gasteiger partial charge in [-0.2, -0.15) is 0 Å². The highest BCUT2D eigenvalue weighted by atomic mass is 16.5. The molecule has 6 nitrogen and oxygen atoms in total. The van der Waals surface area contributed by atoms with Gasteiger partial charge in [0, 0.05) is 19.5 Å². The number of rotatable bonds is 11. The molecule has 0 aliphatic carbocycles. The van der Waals surface area contributed by atoms with Crippen molar-refractivity contribution < 1.29 is 23.8 Å². The molecule has 24 heavy (non-hydrogen) atoms. The first-order valence-electron chi connectivity index (χ1n) is 8.22. The fourth-order valence-electron chi connectivity index (χ4n) is 2.20. The first-order chi connectivity index (χ1) is 11.6. The first kappa shape index (κ1) is 19.8. The highest BCUT2D eigenvalue weighted by Crippen LogP contribution is 2.17. The van der Waals surface area contributed by atoms with Gasteiger partial charge in [0.25, 0.3) is 0 Å². The number of amides is 1. The van der Waals surface area contributed by atoms with Crippen LogP contribution in [0.25, 0.3) is 0 Å². The van der Waals surface area contributed by atoms with Gasteiger partial charge in [-0.15, -0.1) is 0 Å². The number of esters is 1.